The minimum absolute atomic E-state index is 0.110. The van der Waals surface area contributed by atoms with Gasteiger partial charge in [-0.1, -0.05) is 0 Å². The standard InChI is InChI=1S/C5H11NO.C5H10O2/c1-4(7)5-2-6-3-5;1-5(2,3)7-4-6/h4-7H,2-3H2,1H3;4H,1-3H3. The van der Waals surface area contributed by atoms with E-state index in [-0.39, 0.29) is 11.7 Å². The summed E-state index contributed by atoms with van der Waals surface area (Å²) >= 11 is 0. The lowest BCUT2D eigenvalue weighted by Gasteiger charge is -2.29. The van der Waals surface area contributed by atoms with Gasteiger partial charge < -0.3 is 15.2 Å². The second-order valence-electron chi connectivity index (χ2n) is 4.49. The van der Waals surface area contributed by atoms with Gasteiger partial charge in [-0.05, 0) is 27.7 Å². The highest BCUT2D eigenvalue weighted by Crippen LogP contribution is 2.06. The van der Waals surface area contributed by atoms with E-state index in [2.05, 4.69) is 10.1 Å². The average Bonchev–Trinajstić information content (AvgIpc) is 1.78. The number of aliphatic hydroxyl groups is 1. The van der Waals surface area contributed by atoms with Gasteiger partial charge in [-0.2, -0.15) is 0 Å². The highest BCUT2D eigenvalue weighted by Gasteiger charge is 2.20. The monoisotopic (exact) mass is 203 g/mol. The van der Waals surface area contributed by atoms with Crippen molar-refractivity contribution in [2.24, 2.45) is 5.92 Å². The van der Waals surface area contributed by atoms with Crippen LogP contribution >= 0.6 is 0 Å². The third kappa shape index (κ3) is 6.86. The van der Waals surface area contributed by atoms with E-state index in [0.29, 0.717) is 12.4 Å². The topological polar surface area (TPSA) is 58.6 Å². The number of rotatable bonds is 2. The van der Waals surface area contributed by atoms with Gasteiger partial charge in [-0.25, -0.2) is 0 Å². The van der Waals surface area contributed by atoms with E-state index in [9.17, 15) is 4.79 Å². The summed E-state index contributed by atoms with van der Waals surface area (Å²) in [5.74, 6) is 0.528. The summed E-state index contributed by atoms with van der Waals surface area (Å²) < 4.78 is 4.55. The molecule has 2 N–H and O–H groups in total. The summed E-state index contributed by atoms with van der Waals surface area (Å²) in [7, 11) is 0. The molecular weight excluding hydrogens is 182 g/mol. The Morgan fingerprint density at radius 3 is 2.00 bits per heavy atom. The second-order valence-corrected chi connectivity index (χ2v) is 4.49. The molecule has 1 fully saturated rings. The fraction of sp³-hybridized carbons (Fsp3) is 0.900. The molecule has 0 amide bonds. The summed E-state index contributed by atoms with van der Waals surface area (Å²) in [6.45, 7) is 9.76. The number of hydrogen-bond acceptors (Lipinski definition) is 4. The molecule has 0 radical (unpaired) electrons. The molecule has 0 spiro atoms. The fourth-order valence-corrected chi connectivity index (χ4v) is 0.796. The van der Waals surface area contributed by atoms with E-state index in [4.69, 9.17) is 5.11 Å². The van der Waals surface area contributed by atoms with Crippen LogP contribution in [0.4, 0.5) is 0 Å². The van der Waals surface area contributed by atoms with Crippen LogP contribution in [0.3, 0.4) is 0 Å². The van der Waals surface area contributed by atoms with Gasteiger partial charge >= 0.3 is 0 Å². The summed E-state index contributed by atoms with van der Waals surface area (Å²) in [5, 5.41) is 11.9. The third-order valence-corrected chi connectivity index (χ3v) is 1.90. The normalized spacial score (nSPS) is 18.6. The molecule has 4 nitrogen and oxygen atoms in total. The highest BCUT2D eigenvalue weighted by atomic mass is 16.5. The molecule has 0 aromatic rings. The first-order chi connectivity index (χ1) is 6.37. The highest BCUT2D eigenvalue weighted by molar-refractivity contribution is 5.37. The van der Waals surface area contributed by atoms with Gasteiger partial charge in [0.2, 0.25) is 0 Å². The molecule has 14 heavy (non-hydrogen) atoms. The largest absolute Gasteiger partial charge is 0.462 e. The van der Waals surface area contributed by atoms with Crippen LogP contribution in [-0.4, -0.2) is 36.4 Å². The number of nitrogens with one attached hydrogen (secondary N) is 1. The van der Waals surface area contributed by atoms with E-state index in [1.165, 1.54) is 0 Å². The van der Waals surface area contributed by atoms with Gasteiger partial charge in [-0.3, -0.25) is 4.79 Å². The van der Waals surface area contributed by atoms with Crippen LogP contribution in [0.5, 0.6) is 0 Å². The van der Waals surface area contributed by atoms with Crippen molar-refractivity contribution in [2.75, 3.05) is 13.1 Å². The lowest BCUT2D eigenvalue weighted by atomic mass is 9.98. The Hall–Kier alpha value is -0.610. The third-order valence-electron chi connectivity index (χ3n) is 1.90. The molecule has 1 unspecified atom stereocenters. The van der Waals surface area contributed by atoms with Gasteiger partial charge in [0.1, 0.15) is 5.60 Å². The minimum Gasteiger partial charge on any atom is -0.462 e. The van der Waals surface area contributed by atoms with E-state index >= 15 is 0 Å². The maximum atomic E-state index is 9.60. The fourth-order valence-electron chi connectivity index (χ4n) is 0.796. The zero-order valence-corrected chi connectivity index (χ0v) is 9.41. The number of ether oxygens (including phenoxy) is 1. The molecule has 4 heteroatoms. The first-order valence-corrected chi connectivity index (χ1v) is 4.87. The molecule has 1 saturated heterocycles. The van der Waals surface area contributed by atoms with Crippen LogP contribution in [-0.2, 0) is 9.53 Å². The number of hydrogen-bond donors (Lipinski definition) is 2. The van der Waals surface area contributed by atoms with Crippen molar-refractivity contribution in [2.45, 2.75) is 39.4 Å². The van der Waals surface area contributed by atoms with Crippen molar-refractivity contribution >= 4 is 6.47 Å². The first kappa shape index (κ1) is 13.4. The van der Waals surface area contributed by atoms with Gasteiger partial charge in [0.05, 0.1) is 6.10 Å². The zero-order valence-electron chi connectivity index (χ0n) is 9.41. The minimum atomic E-state index is -0.318. The SMILES string of the molecule is CC(C)(C)OC=O.CC(O)C1CNC1. The maximum Gasteiger partial charge on any atom is 0.293 e. The summed E-state index contributed by atoms with van der Waals surface area (Å²) in [6, 6.07) is 0. The van der Waals surface area contributed by atoms with E-state index in [1.54, 1.807) is 0 Å². The summed E-state index contributed by atoms with van der Waals surface area (Å²) in [5.41, 5.74) is -0.318. The number of carbonyl (C=O) groups is 1. The quantitative estimate of drug-likeness (QED) is 0.643. The molecule has 1 aliphatic rings. The van der Waals surface area contributed by atoms with Crippen LogP contribution < -0.4 is 5.32 Å². The molecule has 0 aromatic carbocycles. The Balaban J connectivity index is 0.000000241. The second kappa shape index (κ2) is 5.98. The molecule has 0 saturated carbocycles. The van der Waals surface area contributed by atoms with Crippen LogP contribution in [0.2, 0.25) is 0 Å². The predicted molar refractivity (Wildman–Crippen MR) is 54.9 cm³/mol. The van der Waals surface area contributed by atoms with Crippen LogP contribution in [0.15, 0.2) is 0 Å². The van der Waals surface area contributed by atoms with Gasteiger partial charge in [0.15, 0.2) is 0 Å². The Labute approximate surface area is 85.6 Å². The molecule has 1 rings (SSSR count). The van der Waals surface area contributed by atoms with E-state index < -0.39 is 0 Å². The lowest BCUT2D eigenvalue weighted by molar-refractivity contribution is -0.138. The van der Waals surface area contributed by atoms with Crippen molar-refractivity contribution in [1.29, 1.82) is 0 Å². The van der Waals surface area contributed by atoms with Crippen LogP contribution in [0.1, 0.15) is 27.7 Å². The molecule has 1 aliphatic heterocycles. The van der Waals surface area contributed by atoms with Crippen molar-refractivity contribution < 1.29 is 14.6 Å². The van der Waals surface area contributed by atoms with E-state index in [1.807, 2.05) is 27.7 Å². The Kier molecular flexibility index (Phi) is 5.72. The smallest absolute Gasteiger partial charge is 0.293 e. The summed E-state index contributed by atoms with van der Waals surface area (Å²) in [6.07, 6.45) is -0.110. The number of carbonyl (C=O) groups excluding carboxylic acids is 1. The van der Waals surface area contributed by atoms with Crippen molar-refractivity contribution in [3.63, 3.8) is 0 Å². The molecule has 0 bridgehead atoms. The lowest BCUT2D eigenvalue weighted by Crippen LogP contribution is -2.47. The average molecular weight is 203 g/mol. The predicted octanol–water partition coefficient (Wildman–Crippen LogP) is 0.544. The summed E-state index contributed by atoms with van der Waals surface area (Å²) in [4.78, 5) is 9.60. The van der Waals surface area contributed by atoms with Gasteiger partial charge in [0.25, 0.3) is 6.47 Å². The molecule has 0 aliphatic carbocycles. The molecular formula is C10H21NO3. The van der Waals surface area contributed by atoms with Gasteiger partial charge in [-0.15, -0.1) is 0 Å². The maximum absolute atomic E-state index is 9.60. The first-order valence-electron chi connectivity index (χ1n) is 4.87. The Morgan fingerprint density at radius 1 is 1.50 bits per heavy atom. The molecule has 1 heterocycles. The molecule has 1 atom stereocenters. The number of aliphatic hydroxyl groups excluding tert-OH is 1. The van der Waals surface area contributed by atoms with Crippen molar-refractivity contribution in [3.8, 4) is 0 Å². The van der Waals surface area contributed by atoms with Gasteiger partial charge in [0, 0.05) is 19.0 Å². The Bertz CT molecular complexity index is 159. The zero-order chi connectivity index (χ0) is 11.2. The van der Waals surface area contributed by atoms with Crippen molar-refractivity contribution in [1.82, 2.24) is 5.32 Å². The molecule has 0 aromatic heterocycles. The Morgan fingerprint density at radius 2 is 2.00 bits per heavy atom. The van der Waals surface area contributed by atoms with Crippen LogP contribution in [0, 0.1) is 5.92 Å². The van der Waals surface area contributed by atoms with Crippen molar-refractivity contribution in [3.05, 3.63) is 0 Å². The van der Waals surface area contributed by atoms with Crippen LogP contribution in [0.25, 0.3) is 0 Å². The molecule has 84 valence electrons. The van der Waals surface area contributed by atoms with E-state index in [0.717, 1.165) is 13.1 Å².